The molecule has 0 aliphatic carbocycles. The van der Waals surface area contributed by atoms with E-state index < -0.39 is 6.09 Å². The molecule has 6 heteroatoms. The average Bonchev–Trinajstić information content (AvgIpc) is 2.53. The van der Waals surface area contributed by atoms with Crippen LogP contribution in [0.3, 0.4) is 0 Å². The maximum absolute atomic E-state index is 12.2. The Morgan fingerprint density at radius 2 is 2.09 bits per heavy atom. The van der Waals surface area contributed by atoms with Gasteiger partial charge in [-0.1, -0.05) is 6.07 Å². The molecule has 6 nitrogen and oxygen atoms in total. The second kappa shape index (κ2) is 5.69. The van der Waals surface area contributed by atoms with Gasteiger partial charge in [-0.25, -0.2) is 4.79 Å². The summed E-state index contributed by atoms with van der Waals surface area (Å²) in [6.45, 7) is -0.0531. The highest BCUT2D eigenvalue weighted by atomic mass is 16.4. The molecule has 2 aromatic heterocycles. The molecule has 3 rings (SSSR count). The Kier molecular flexibility index (Phi) is 3.57. The van der Waals surface area contributed by atoms with E-state index in [-0.39, 0.29) is 17.7 Å². The Bertz CT molecular complexity index is 888. The standard InChI is InChI=1S/C16H12N2O4/c19-14-8-11(9-18-16(20)21)22-15-5-4-10(7-12(14)15)13-3-1-2-6-17-13/h1-8,18H,9H2,(H,20,21). The molecule has 2 N–H and O–H groups in total. The van der Waals surface area contributed by atoms with Gasteiger partial charge in [-0.15, -0.1) is 0 Å². The zero-order valence-corrected chi connectivity index (χ0v) is 11.4. The van der Waals surface area contributed by atoms with Crippen LogP contribution in [0.15, 0.2) is 57.9 Å². The van der Waals surface area contributed by atoms with Crippen molar-refractivity contribution in [3.05, 3.63) is 64.6 Å². The predicted molar refractivity (Wildman–Crippen MR) is 80.6 cm³/mol. The van der Waals surface area contributed by atoms with Crippen molar-refractivity contribution < 1.29 is 14.3 Å². The highest BCUT2D eigenvalue weighted by molar-refractivity contribution is 5.82. The minimum atomic E-state index is -1.17. The fourth-order valence-corrected chi connectivity index (χ4v) is 2.15. The minimum absolute atomic E-state index is 0.0531. The summed E-state index contributed by atoms with van der Waals surface area (Å²) in [5.41, 5.74) is 1.77. The summed E-state index contributed by atoms with van der Waals surface area (Å²) in [7, 11) is 0. The van der Waals surface area contributed by atoms with Crippen molar-refractivity contribution in [3.63, 3.8) is 0 Å². The van der Waals surface area contributed by atoms with Gasteiger partial charge < -0.3 is 14.8 Å². The zero-order valence-electron chi connectivity index (χ0n) is 11.4. The number of rotatable bonds is 3. The fraction of sp³-hybridized carbons (Fsp3) is 0.0625. The number of aromatic nitrogens is 1. The molecule has 0 unspecified atom stereocenters. The first-order valence-corrected chi connectivity index (χ1v) is 6.58. The molecule has 0 aliphatic rings. The van der Waals surface area contributed by atoms with Crippen molar-refractivity contribution in [3.8, 4) is 11.3 Å². The molecule has 110 valence electrons. The van der Waals surface area contributed by atoms with Crippen molar-refractivity contribution >= 4 is 17.1 Å². The summed E-state index contributed by atoms with van der Waals surface area (Å²) < 4.78 is 5.54. The Balaban J connectivity index is 2.03. The SMILES string of the molecule is O=C(O)NCc1cc(=O)c2cc(-c3ccccn3)ccc2o1. The van der Waals surface area contributed by atoms with Crippen LogP contribution in [0.25, 0.3) is 22.2 Å². The fourth-order valence-electron chi connectivity index (χ4n) is 2.15. The second-order valence-electron chi connectivity index (χ2n) is 4.66. The Labute approximate surface area is 125 Å². The van der Waals surface area contributed by atoms with E-state index in [1.807, 2.05) is 24.3 Å². The van der Waals surface area contributed by atoms with E-state index in [9.17, 15) is 9.59 Å². The van der Waals surface area contributed by atoms with Gasteiger partial charge in [0.1, 0.15) is 11.3 Å². The van der Waals surface area contributed by atoms with Crippen molar-refractivity contribution in [2.75, 3.05) is 0 Å². The molecular formula is C16H12N2O4. The molecule has 0 atom stereocenters. The van der Waals surface area contributed by atoms with Gasteiger partial charge in [-0.3, -0.25) is 9.78 Å². The first kappa shape index (κ1) is 13.8. The van der Waals surface area contributed by atoms with Gasteiger partial charge in [0.05, 0.1) is 17.6 Å². The molecule has 22 heavy (non-hydrogen) atoms. The van der Waals surface area contributed by atoms with Crippen LogP contribution in [-0.2, 0) is 6.54 Å². The monoisotopic (exact) mass is 296 g/mol. The quantitative estimate of drug-likeness (QED) is 0.775. The lowest BCUT2D eigenvalue weighted by Crippen LogP contribution is -2.20. The Morgan fingerprint density at radius 1 is 1.23 bits per heavy atom. The number of nitrogens with zero attached hydrogens (tertiary/aromatic N) is 1. The van der Waals surface area contributed by atoms with E-state index >= 15 is 0 Å². The van der Waals surface area contributed by atoms with E-state index in [1.54, 1.807) is 18.3 Å². The number of benzene rings is 1. The van der Waals surface area contributed by atoms with Crippen molar-refractivity contribution in [1.29, 1.82) is 0 Å². The van der Waals surface area contributed by atoms with Crippen molar-refractivity contribution in [2.45, 2.75) is 6.54 Å². The van der Waals surface area contributed by atoms with Crippen LogP contribution < -0.4 is 10.7 Å². The van der Waals surface area contributed by atoms with Crippen LogP contribution in [0.1, 0.15) is 5.76 Å². The van der Waals surface area contributed by atoms with Crippen molar-refractivity contribution in [1.82, 2.24) is 10.3 Å². The number of fused-ring (bicyclic) bond motifs is 1. The smallest absolute Gasteiger partial charge is 0.405 e. The van der Waals surface area contributed by atoms with Crippen LogP contribution in [0, 0.1) is 0 Å². The van der Waals surface area contributed by atoms with Crippen LogP contribution >= 0.6 is 0 Å². The Morgan fingerprint density at radius 3 is 2.82 bits per heavy atom. The summed E-state index contributed by atoms with van der Waals surface area (Å²) in [4.78, 5) is 26.9. The van der Waals surface area contributed by atoms with E-state index in [0.717, 1.165) is 11.3 Å². The topological polar surface area (TPSA) is 92.4 Å². The van der Waals surface area contributed by atoms with Gasteiger partial charge in [-0.05, 0) is 30.3 Å². The molecule has 0 radical (unpaired) electrons. The summed E-state index contributed by atoms with van der Waals surface area (Å²) >= 11 is 0. The summed E-state index contributed by atoms with van der Waals surface area (Å²) in [5.74, 6) is 0.269. The van der Waals surface area contributed by atoms with Gasteiger partial charge in [0.15, 0.2) is 5.43 Å². The molecule has 0 saturated heterocycles. The van der Waals surface area contributed by atoms with E-state index in [1.165, 1.54) is 6.07 Å². The number of carboxylic acid groups (broad SMARTS) is 1. The maximum Gasteiger partial charge on any atom is 0.405 e. The zero-order chi connectivity index (χ0) is 15.5. The highest BCUT2D eigenvalue weighted by Gasteiger charge is 2.08. The van der Waals surface area contributed by atoms with Crippen LogP contribution in [0.4, 0.5) is 4.79 Å². The van der Waals surface area contributed by atoms with Crippen LogP contribution in [0.2, 0.25) is 0 Å². The highest BCUT2D eigenvalue weighted by Crippen LogP contribution is 2.21. The molecule has 0 fully saturated rings. The molecule has 1 aromatic carbocycles. The van der Waals surface area contributed by atoms with Gasteiger partial charge in [-0.2, -0.15) is 0 Å². The third kappa shape index (κ3) is 2.80. The maximum atomic E-state index is 12.2. The van der Waals surface area contributed by atoms with Gasteiger partial charge in [0, 0.05) is 17.8 Å². The lowest BCUT2D eigenvalue weighted by atomic mass is 10.1. The number of hydrogen-bond donors (Lipinski definition) is 2. The minimum Gasteiger partial charge on any atom is -0.465 e. The molecule has 2 heterocycles. The van der Waals surface area contributed by atoms with Crippen LogP contribution in [0.5, 0.6) is 0 Å². The first-order valence-electron chi connectivity index (χ1n) is 6.58. The molecular weight excluding hydrogens is 284 g/mol. The largest absolute Gasteiger partial charge is 0.465 e. The van der Waals surface area contributed by atoms with Gasteiger partial charge in [0.25, 0.3) is 0 Å². The summed E-state index contributed by atoms with van der Waals surface area (Å²) in [5, 5.41) is 11.2. The summed E-state index contributed by atoms with van der Waals surface area (Å²) in [6.07, 6.45) is 0.510. The lowest BCUT2D eigenvalue weighted by Gasteiger charge is -2.05. The third-order valence-electron chi connectivity index (χ3n) is 3.15. The third-order valence-corrected chi connectivity index (χ3v) is 3.15. The molecule has 0 saturated carbocycles. The number of nitrogens with one attached hydrogen (secondary N) is 1. The molecule has 1 amide bonds. The van der Waals surface area contributed by atoms with E-state index in [4.69, 9.17) is 9.52 Å². The van der Waals surface area contributed by atoms with Gasteiger partial charge >= 0.3 is 6.09 Å². The van der Waals surface area contributed by atoms with Crippen molar-refractivity contribution in [2.24, 2.45) is 0 Å². The number of pyridine rings is 1. The lowest BCUT2D eigenvalue weighted by molar-refractivity contribution is 0.193. The predicted octanol–water partition coefficient (Wildman–Crippen LogP) is 2.62. The average molecular weight is 296 g/mol. The van der Waals surface area contributed by atoms with Gasteiger partial charge in [0.2, 0.25) is 0 Å². The molecule has 3 aromatic rings. The van der Waals surface area contributed by atoms with Crippen LogP contribution in [-0.4, -0.2) is 16.2 Å². The normalized spacial score (nSPS) is 10.5. The summed E-state index contributed by atoms with van der Waals surface area (Å²) in [6, 6.07) is 12.1. The first-order chi connectivity index (χ1) is 10.6. The molecule has 0 spiro atoms. The Hall–Kier alpha value is -3.15. The second-order valence-corrected chi connectivity index (χ2v) is 4.66. The number of amides is 1. The van der Waals surface area contributed by atoms with E-state index in [2.05, 4.69) is 10.3 Å². The molecule has 0 aliphatic heterocycles. The number of carbonyl (C=O) groups is 1. The number of hydrogen-bond acceptors (Lipinski definition) is 4. The molecule has 0 bridgehead atoms. The van der Waals surface area contributed by atoms with E-state index in [0.29, 0.717) is 11.0 Å².